The Hall–Kier alpha value is -4.25. The van der Waals surface area contributed by atoms with Crippen LogP contribution in [-0.4, -0.2) is 72.1 Å². The van der Waals surface area contributed by atoms with Crippen molar-refractivity contribution >= 4 is 28.1 Å². The summed E-state index contributed by atoms with van der Waals surface area (Å²) in [5, 5.41) is 14.0. The number of piperidine rings is 2. The molecule has 3 aromatic heterocycles. The summed E-state index contributed by atoms with van der Waals surface area (Å²) in [5.74, 6) is 0.0873. The van der Waals surface area contributed by atoms with E-state index in [0.29, 0.717) is 36.8 Å². The Kier molecular flexibility index (Phi) is 8.27. The molecule has 10 heteroatoms. The summed E-state index contributed by atoms with van der Waals surface area (Å²) in [4.78, 5) is 45.8. The zero-order chi connectivity index (χ0) is 30.8. The number of rotatable bonds is 7. The normalized spacial score (nSPS) is 20.3. The van der Waals surface area contributed by atoms with Crippen LogP contribution < -0.4 is 5.56 Å². The van der Waals surface area contributed by atoms with E-state index >= 15 is 0 Å². The number of carbonyl (C=O) groups excluding carboxylic acids is 1. The molecule has 5 heterocycles. The third kappa shape index (κ3) is 6.18. The van der Waals surface area contributed by atoms with Gasteiger partial charge >= 0.3 is 0 Å². The van der Waals surface area contributed by atoms with Crippen LogP contribution in [0, 0.1) is 5.92 Å². The molecule has 0 aliphatic carbocycles. The molecule has 2 atom stereocenters. The molecule has 1 N–H and O–H groups in total. The second kappa shape index (κ2) is 12.6. The molecule has 5 aromatic rings. The summed E-state index contributed by atoms with van der Waals surface area (Å²) in [5.41, 5.74) is 2.63. The van der Waals surface area contributed by atoms with Crippen LogP contribution in [0.15, 0.2) is 95.8 Å². The van der Waals surface area contributed by atoms with Gasteiger partial charge in [-0.25, -0.2) is 15.0 Å². The average Bonchev–Trinajstić information content (AvgIpc) is 3.52. The van der Waals surface area contributed by atoms with E-state index in [0.717, 1.165) is 42.2 Å². The van der Waals surface area contributed by atoms with Crippen LogP contribution in [-0.2, 0) is 17.9 Å². The molecule has 2 aromatic carbocycles. The van der Waals surface area contributed by atoms with Crippen molar-refractivity contribution in [3.8, 4) is 10.4 Å². The average molecular weight is 621 g/mol. The summed E-state index contributed by atoms with van der Waals surface area (Å²) < 4.78 is 1.53. The van der Waals surface area contributed by atoms with Gasteiger partial charge in [-0.05, 0) is 43.0 Å². The maximum Gasteiger partial charge on any atom is 0.262 e. The first-order valence-corrected chi connectivity index (χ1v) is 16.4. The first-order valence-electron chi connectivity index (χ1n) is 15.5. The Morgan fingerprint density at radius 3 is 2.47 bits per heavy atom. The third-order valence-electron chi connectivity index (χ3n) is 9.36. The number of fused-ring (bicyclic) bond motifs is 1. The molecule has 2 aliphatic heterocycles. The Morgan fingerprint density at radius 2 is 1.73 bits per heavy atom. The highest BCUT2D eigenvalue weighted by Crippen LogP contribution is 2.36. The van der Waals surface area contributed by atoms with Crippen LogP contribution in [0.2, 0.25) is 0 Å². The Balaban J connectivity index is 1.03. The molecule has 0 bridgehead atoms. The molecule has 7 rings (SSSR count). The molecule has 2 aliphatic rings. The van der Waals surface area contributed by atoms with Crippen LogP contribution >= 0.6 is 11.3 Å². The minimum atomic E-state index is -1.09. The van der Waals surface area contributed by atoms with Crippen LogP contribution in [0.1, 0.15) is 36.4 Å². The van der Waals surface area contributed by atoms with Crippen LogP contribution in [0.4, 0.5) is 0 Å². The number of aromatic nitrogens is 4. The fraction of sp³-hybridized carbons (Fsp3) is 0.343. The minimum Gasteiger partial charge on any atom is -0.388 e. The summed E-state index contributed by atoms with van der Waals surface area (Å²) in [6.45, 7) is 3.38. The number of nitrogens with zero attached hydrogens (tertiary/aromatic N) is 6. The van der Waals surface area contributed by atoms with Gasteiger partial charge in [0.15, 0.2) is 0 Å². The number of thiophene rings is 1. The van der Waals surface area contributed by atoms with Gasteiger partial charge in [0.1, 0.15) is 6.33 Å². The number of hydrogen-bond donors (Lipinski definition) is 1. The highest BCUT2D eigenvalue weighted by atomic mass is 32.1. The van der Waals surface area contributed by atoms with Gasteiger partial charge < -0.3 is 10.0 Å². The molecule has 2 saturated heterocycles. The molecule has 9 nitrogen and oxygen atoms in total. The van der Waals surface area contributed by atoms with Crippen molar-refractivity contribution in [1.29, 1.82) is 0 Å². The fourth-order valence-electron chi connectivity index (χ4n) is 6.86. The fourth-order valence-corrected chi connectivity index (χ4v) is 7.86. The van der Waals surface area contributed by atoms with E-state index in [1.54, 1.807) is 18.9 Å². The Morgan fingerprint density at radius 1 is 0.978 bits per heavy atom. The molecule has 0 spiro atoms. The van der Waals surface area contributed by atoms with Gasteiger partial charge in [0.2, 0.25) is 5.91 Å². The standard InChI is InChI=1S/C35H36N6O3S/c42-33(28-12-16-39(19-27-11-15-36-23-37-27)20-29(28)25-7-3-1-4-8-25)40-17-13-35(44,14-18-40)22-41-24-38-31-30(34(41)43)21-45-32(31)26-9-5-2-6-10-26/h1-11,15,21,23-24,28-29,44H,12-14,16-20,22H2/t28-,29+/m1/s1. The van der Waals surface area contributed by atoms with Crippen molar-refractivity contribution in [2.45, 2.75) is 43.9 Å². The first-order chi connectivity index (χ1) is 22.0. The van der Waals surface area contributed by atoms with E-state index in [2.05, 4.69) is 32.0 Å². The quantitative estimate of drug-likeness (QED) is 0.284. The molecule has 0 unspecified atom stereocenters. The highest BCUT2D eigenvalue weighted by molar-refractivity contribution is 7.15. The van der Waals surface area contributed by atoms with Gasteiger partial charge in [-0.1, -0.05) is 60.7 Å². The molecule has 2 fully saturated rings. The predicted molar refractivity (Wildman–Crippen MR) is 175 cm³/mol. The number of benzene rings is 2. The number of amides is 1. The lowest BCUT2D eigenvalue weighted by molar-refractivity contribution is -0.142. The van der Waals surface area contributed by atoms with E-state index in [9.17, 15) is 14.7 Å². The van der Waals surface area contributed by atoms with Gasteiger partial charge in [-0.15, -0.1) is 11.3 Å². The highest BCUT2D eigenvalue weighted by Gasteiger charge is 2.41. The van der Waals surface area contributed by atoms with Crippen molar-refractivity contribution in [3.63, 3.8) is 0 Å². The maximum atomic E-state index is 14.0. The molecular weight excluding hydrogens is 584 g/mol. The van der Waals surface area contributed by atoms with E-state index in [1.165, 1.54) is 21.5 Å². The summed E-state index contributed by atoms with van der Waals surface area (Å²) >= 11 is 1.51. The molecular formula is C35H36N6O3S. The lowest BCUT2D eigenvalue weighted by atomic mass is 9.79. The number of aliphatic hydroxyl groups is 1. The smallest absolute Gasteiger partial charge is 0.262 e. The topological polar surface area (TPSA) is 104 Å². The van der Waals surface area contributed by atoms with Crippen LogP contribution in [0.3, 0.4) is 0 Å². The van der Waals surface area contributed by atoms with Crippen molar-refractivity contribution in [3.05, 3.63) is 113 Å². The van der Waals surface area contributed by atoms with Crippen molar-refractivity contribution in [1.82, 2.24) is 29.3 Å². The SMILES string of the molecule is O=C([C@@H]1CCN(Cc2ccncn2)C[C@H]1c1ccccc1)N1CCC(O)(Cn2cnc3c(-c4ccccc4)scc3c2=O)CC1. The first kappa shape index (κ1) is 29.5. The molecule has 0 saturated carbocycles. The second-order valence-electron chi connectivity index (χ2n) is 12.3. The van der Waals surface area contributed by atoms with Crippen molar-refractivity contribution in [2.24, 2.45) is 5.92 Å². The lowest BCUT2D eigenvalue weighted by Crippen LogP contribution is -2.53. The van der Waals surface area contributed by atoms with Crippen LogP contribution in [0.25, 0.3) is 21.3 Å². The van der Waals surface area contributed by atoms with E-state index < -0.39 is 5.60 Å². The number of hydrogen-bond acceptors (Lipinski definition) is 8. The maximum absolute atomic E-state index is 14.0. The largest absolute Gasteiger partial charge is 0.388 e. The van der Waals surface area contributed by atoms with Gasteiger partial charge in [0.05, 0.1) is 39.9 Å². The monoisotopic (exact) mass is 620 g/mol. The van der Waals surface area contributed by atoms with Gasteiger partial charge in [-0.2, -0.15) is 0 Å². The second-order valence-corrected chi connectivity index (χ2v) is 13.1. The zero-order valence-electron chi connectivity index (χ0n) is 25.0. The Labute approximate surface area is 265 Å². The van der Waals surface area contributed by atoms with Gasteiger partial charge in [-0.3, -0.25) is 19.1 Å². The predicted octanol–water partition coefficient (Wildman–Crippen LogP) is 4.57. The third-order valence-corrected chi connectivity index (χ3v) is 10.4. The van der Waals surface area contributed by atoms with Gasteiger partial charge in [0, 0.05) is 49.6 Å². The molecule has 0 radical (unpaired) electrons. The minimum absolute atomic E-state index is 0.0675. The zero-order valence-corrected chi connectivity index (χ0v) is 25.9. The number of carbonyl (C=O) groups is 1. The molecule has 230 valence electrons. The summed E-state index contributed by atoms with van der Waals surface area (Å²) in [6.07, 6.45) is 6.47. The van der Waals surface area contributed by atoms with E-state index in [-0.39, 0.29) is 29.8 Å². The van der Waals surface area contributed by atoms with Crippen molar-refractivity contribution in [2.75, 3.05) is 26.2 Å². The summed E-state index contributed by atoms with van der Waals surface area (Å²) in [7, 11) is 0. The summed E-state index contributed by atoms with van der Waals surface area (Å²) in [6, 6.07) is 22.2. The lowest BCUT2D eigenvalue weighted by Gasteiger charge is -2.43. The van der Waals surface area contributed by atoms with Crippen LogP contribution in [0.5, 0.6) is 0 Å². The Bertz CT molecular complexity index is 1820. The molecule has 45 heavy (non-hydrogen) atoms. The molecule has 1 amide bonds. The van der Waals surface area contributed by atoms with Crippen molar-refractivity contribution < 1.29 is 9.90 Å². The van der Waals surface area contributed by atoms with E-state index in [1.807, 2.05) is 64.9 Å². The number of likely N-dealkylation sites (tertiary alicyclic amines) is 2. The van der Waals surface area contributed by atoms with E-state index in [4.69, 9.17) is 0 Å². The van der Waals surface area contributed by atoms with Gasteiger partial charge in [0.25, 0.3) is 5.56 Å².